The second-order valence-corrected chi connectivity index (χ2v) is 7.89. The highest BCUT2D eigenvalue weighted by Gasteiger charge is 2.25. The van der Waals surface area contributed by atoms with Gasteiger partial charge in [-0.3, -0.25) is 4.79 Å². The van der Waals surface area contributed by atoms with Crippen molar-refractivity contribution in [2.45, 2.75) is 31.8 Å². The fraction of sp³-hybridized carbons (Fsp3) is 0.500. The molecule has 2 aromatic rings. The number of hydrogen-bond donors (Lipinski definition) is 1. The van der Waals surface area contributed by atoms with Gasteiger partial charge in [0.15, 0.2) is 0 Å². The fourth-order valence-corrected chi connectivity index (χ4v) is 4.19. The summed E-state index contributed by atoms with van der Waals surface area (Å²) in [5, 5.41) is 10.7. The number of amides is 1. The molecule has 1 saturated heterocycles. The molecule has 1 amide bonds. The van der Waals surface area contributed by atoms with E-state index in [1.165, 1.54) is 0 Å². The standard InChI is InChI=1S/C22H29N5O2/c1-25-11-4-2-3-6-20(28)18-16-17(7-8-19(18)25)21(29)26-12-14-27(15-13-26)22-23-9-5-10-24-22/h5,7-10,16,20,28H,2-4,6,11-15H2,1H3/t20-/m0/s1. The summed E-state index contributed by atoms with van der Waals surface area (Å²) in [6, 6.07) is 7.59. The Morgan fingerprint density at radius 2 is 1.79 bits per heavy atom. The number of carbonyl (C=O) groups excluding carboxylic acids is 1. The second-order valence-electron chi connectivity index (χ2n) is 7.89. The third-order valence-electron chi connectivity index (χ3n) is 5.92. The zero-order valence-corrected chi connectivity index (χ0v) is 17.0. The van der Waals surface area contributed by atoms with Gasteiger partial charge in [-0.05, 0) is 37.1 Å². The summed E-state index contributed by atoms with van der Waals surface area (Å²) in [5.41, 5.74) is 2.55. The van der Waals surface area contributed by atoms with E-state index in [2.05, 4.69) is 26.8 Å². The molecule has 2 aliphatic heterocycles. The molecule has 7 heteroatoms. The van der Waals surface area contributed by atoms with Crippen LogP contribution in [0.1, 0.15) is 47.7 Å². The van der Waals surface area contributed by atoms with Crippen LogP contribution in [0.15, 0.2) is 36.7 Å². The lowest BCUT2D eigenvalue weighted by molar-refractivity contribution is 0.0746. The molecule has 0 spiro atoms. The number of piperazine rings is 1. The Kier molecular flexibility index (Phi) is 5.94. The van der Waals surface area contributed by atoms with Gasteiger partial charge in [0.25, 0.3) is 5.91 Å². The predicted molar refractivity (Wildman–Crippen MR) is 113 cm³/mol. The maximum absolute atomic E-state index is 13.1. The number of hydrogen-bond acceptors (Lipinski definition) is 6. The van der Waals surface area contributed by atoms with Crippen LogP contribution in [0.5, 0.6) is 0 Å². The van der Waals surface area contributed by atoms with Gasteiger partial charge in [0, 0.05) is 69.0 Å². The highest BCUT2D eigenvalue weighted by atomic mass is 16.3. The molecule has 0 unspecified atom stereocenters. The van der Waals surface area contributed by atoms with Crippen LogP contribution in [-0.4, -0.2) is 65.7 Å². The van der Waals surface area contributed by atoms with Crippen molar-refractivity contribution in [3.8, 4) is 0 Å². The van der Waals surface area contributed by atoms with E-state index >= 15 is 0 Å². The van der Waals surface area contributed by atoms with Gasteiger partial charge in [0.05, 0.1) is 6.10 Å². The molecule has 0 radical (unpaired) electrons. The van der Waals surface area contributed by atoms with Crippen LogP contribution < -0.4 is 9.80 Å². The molecule has 1 fully saturated rings. The Labute approximate surface area is 172 Å². The summed E-state index contributed by atoms with van der Waals surface area (Å²) < 4.78 is 0. The van der Waals surface area contributed by atoms with Gasteiger partial charge < -0.3 is 19.8 Å². The lowest BCUT2D eigenvalue weighted by Crippen LogP contribution is -2.49. The SMILES string of the molecule is CN1CCCCC[C@H](O)c2cc(C(=O)N3CCN(c4ncccn4)CC3)ccc21. The van der Waals surface area contributed by atoms with Crippen LogP contribution in [0.25, 0.3) is 0 Å². The Morgan fingerprint density at radius 3 is 2.55 bits per heavy atom. The minimum Gasteiger partial charge on any atom is -0.388 e. The Balaban J connectivity index is 1.49. The summed E-state index contributed by atoms with van der Waals surface area (Å²) >= 11 is 0. The summed E-state index contributed by atoms with van der Waals surface area (Å²) in [7, 11) is 2.06. The van der Waals surface area contributed by atoms with Crippen LogP contribution in [0.2, 0.25) is 0 Å². The first-order valence-electron chi connectivity index (χ1n) is 10.5. The van der Waals surface area contributed by atoms with Gasteiger partial charge in [-0.15, -0.1) is 0 Å². The van der Waals surface area contributed by atoms with Crippen molar-refractivity contribution in [1.82, 2.24) is 14.9 Å². The van der Waals surface area contributed by atoms with Crippen LogP contribution in [0.3, 0.4) is 0 Å². The molecule has 29 heavy (non-hydrogen) atoms. The molecule has 0 aliphatic carbocycles. The molecule has 1 N–H and O–H groups in total. The third-order valence-corrected chi connectivity index (χ3v) is 5.92. The Hall–Kier alpha value is -2.67. The maximum Gasteiger partial charge on any atom is 0.253 e. The average Bonchev–Trinajstić information content (AvgIpc) is 2.84. The normalized spacial score (nSPS) is 20.5. The van der Waals surface area contributed by atoms with E-state index in [4.69, 9.17) is 0 Å². The Morgan fingerprint density at radius 1 is 1.03 bits per heavy atom. The van der Waals surface area contributed by atoms with Crippen molar-refractivity contribution in [1.29, 1.82) is 0 Å². The minimum absolute atomic E-state index is 0.0242. The summed E-state index contributed by atoms with van der Waals surface area (Å²) in [5.74, 6) is 0.735. The molecule has 1 atom stereocenters. The van der Waals surface area contributed by atoms with E-state index in [9.17, 15) is 9.90 Å². The quantitative estimate of drug-likeness (QED) is 0.842. The van der Waals surface area contributed by atoms with E-state index in [0.29, 0.717) is 37.7 Å². The van der Waals surface area contributed by atoms with Crippen LogP contribution >= 0.6 is 0 Å². The van der Waals surface area contributed by atoms with Gasteiger partial charge in [-0.1, -0.05) is 12.8 Å². The van der Waals surface area contributed by atoms with E-state index in [1.54, 1.807) is 18.5 Å². The molecule has 0 saturated carbocycles. The van der Waals surface area contributed by atoms with Crippen molar-refractivity contribution < 1.29 is 9.90 Å². The van der Waals surface area contributed by atoms with Gasteiger partial charge in [-0.2, -0.15) is 0 Å². The first-order chi connectivity index (χ1) is 14.1. The third kappa shape index (κ3) is 4.34. The smallest absolute Gasteiger partial charge is 0.253 e. The van der Waals surface area contributed by atoms with Crippen molar-refractivity contribution >= 4 is 17.5 Å². The molecule has 4 rings (SSSR count). The van der Waals surface area contributed by atoms with Crippen molar-refractivity contribution in [2.24, 2.45) is 0 Å². The van der Waals surface area contributed by atoms with Gasteiger partial charge in [0.2, 0.25) is 5.95 Å². The van der Waals surface area contributed by atoms with E-state index in [0.717, 1.165) is 43.5 Å². The van der Waals surface area contributed by atoms with Crippen molar-refractivity contribution in [3.63, 3.8) is 0 Å². The molecule has 1 aromatic carbocycles. The monoisotopic (exact) mass is 395 g/mol. The highest BCUT2D eigenvalue weighted by Crippen LogP contribution is 2.32. The average molecular weight is 396 g/mol. The number of rotatable bonds is 2. The first kappa shape index (κ1) is 19.6. The molecule has 3 heterocycles. The zero-order valence-electron chi connectivity index (χ0n) is 17.0. The van der Waals surface area contributed by atoms with Gasteiger partial charge >= 0.3 is 0 Å². The van der Waals surface area contributed by atoms with Crippen molar-refractivity contribution in [3.05, 3.63) is 47.8 Å². The molecule has 154 valence electrons. The Bertz CT molecular complexity index is 836. The zero-order chi connectivity index (χ0) is 20.2. The molecule has 1 aromatic heterocycles. The second kappa shape index (κ2) is 8.78. The van der Waals surface area contributed by atoms with E-state index < -0.39 is 6.10 Å². The molecule has 0 bridgehead atoms. The number of aromatic nitrogens is 2. The van der Waals surface area contributed by atoms with Crippen molar-refractivity contribution in [2.75, 3.05) is 49.6 Å². The number of carbonyl (C=O) groups is 1. The summed E-state index contributed by atoms with van der Waals surface area (Å²) in [4.78, 5) is 27.9. The van der Waals surface area contributed by atoms with Crippen LogP contribution in [0, 0.1) is 0 Å². The lowest BCUT2D eigenvalue weighted by atomic mass is 9.99. The number of aliphatic hydroxyl groups excluding tert-OH is 1. The number of anilines is 2. The summed E-state index contributed by atoms with van der Waals surface area (Å²) in [6.07, 6.45) is 6.95. The topological polar surface area (TPSA) is 72.8 Å². The van der Waals surface area contributed by atoms with Crippen LogP contribution in [-0.2, 0) is 0 Å². The number of benzene rings is 1. The molecular weight excluding hydrogens is 366 g/mol. The number of fused-ring (bicyclic) bond motifs is 1. The van der Waals surface area contributed by atoms with E-state index in [1.807, 2.05) is 23.1 Å². The first-order valence-corrected chi connectivity index (χ1v) is 10.5. The van der Waals surface area contributed by atoms with Gasteiger partial charge in [0.1, 0.15) is 0 Å². The van der Waals surface area contributed by atoms with E-state index in [-0.39, 0.29) is 5.91 Å². The number of nitrogens with zero attached hydrogens (tertiary/aromatic N) is 5. The molecule has 2 aliphatic rings. The number of aliphatic hydroxyl groups is 1. The molecule has 7 nitrogen and oxygen atoms in total. The van der Waals surface area contributed by atoms with Gasteiger partial charge in [-0.25, -0.2) is 9.97 Å². The highest BCUT2D eigenvalue weighted by molar-refractivity contribution is 5.95. The van der Waals surface area contributed by atoms with Crippen LogP contribution in [0.4, 0.5) is 11.6 Å². The predicted octanol–water partition coefficient (Wildman–Crippen LogP) is 2.48. The summed E-state index contributed by atoms with van der Waals surface area (Å²) in [6.45, 7) is 3.67. The lowest BCUT2D eigenvalue weighted by Gasteiger charge is -2.35. The maximum atomic E-state index is 13.1. The molecular formula is C22H29N5O2. The fourth-order valence-electron chi connectivity index (χ4n) is 4.19. The minimum atomic E-state index is -0.523. The largest absolute Gasteiger partial charge is 0.388 e.